The third-order valence-electron chi connectivity index (χ3n) is 2.87. The number of unbranched alkanes of at least 4 members (excludes halogenated alkanes) is 3. The van der Waals surface area contributed by atoms with Gasteiger partial charge in [-0.3, -0.25) is 9.00 Å². The van der Waals surface area contributed by atoms with E-state index in [1.807, 2.05) is 18.2 Å². The second kappa shape index (κ2) is 8.86. The van der Waals surface area contributed by atoms with Crippen molar-refractivity contribution >= 4 is 16.7 Å². The zero-order chi connectivity index (χ0) is 14.1. The van der Waals surface area contributed by atoms with Crippen molar-refractivity contribution in [2.24, 2.45) is 0 Å². The largest absolute Gasteiger partial charge is 0.352 e. The molecule has 0 radical (unpaired) electrons. The van der Waals surface area contributed by atoms with Crippen LogP contribution in [0.4, 0.5) is 0 Å². The quantitative estimate of drug-likeness (QED) is 0.745. The summed E-state index contributed by atoms with van der Waals surface area (Å²) in [7, 11) is -0.879. The predicted molar refractivity (Wildman–Crippen MR) is 80.7 cm³/mol. The number of rotatable bonds is 8. The Balaban J connectivity index is 2.45. The van der Waals surface area contributed by atoms with Gasteiger partial charge in [0.1, 0.15) is 0 Å². The molecule has 0 heterocycles. The third kappa shape index (κ3) is 6.53. The van der Waals surface area contributed by atoms with Crippen LogP contribution in [0.3, 0.4) is 0 Å². The second-order valence-electron chi connectivity index (χ2n) is 4.73. The molecule has 1 N–H and O–H groups in total. The van der Waals surface area contributed by atoms with Crippen LogP contribution in [-0.2, 0) is 16.6 Å². The number of carbonyl (C=O) groups excluding carboxylic acids is 1. The molecule has 4 heteroatoms. The van der Waals surface area contributed by atoms with Gasteiger partial charge in [0, 0.05) is 34.9 Å². The molecule has 0 saturated heterocycles. The minimum atomic E-state index is -0.879. The molecule has 0 saturated carbocycles. The van der Waals surface area contributed by atoms with E-state index < -0.39 is 10.8 Å². The van der Waals surface area contributed by atoms with Gasteiger partial charge in [-0.25, -0.2) is 0 Å². The van der Waals surface area contributed by atoms with Crippen molar-refractivity contribution in [3.63, 3.8) is 0 Å². The summed E-state index contributed by atoms with van der Waals surface area (Å²) < 4.78 is 11.2. The van der Waals surface area contributed by atoms with E-state index in [-0.39, 0.29) is 5.91 Å². The Labute approximate surface area is 118 Å². The van der Waals surface area contributed by atoms with E-state index in [1.165, 1.54) is 12.8 Å². The topological polar surface area (TPSA) is 46.2 Å². The van der Waals surface area contributed by atoms with E-state index >= 15 is 0 Å². The molecule has 0 fully saturated rings. The van der Waals surface area contributed by atoms with Gasteiger partial charge in [0.05, 0.1) is 0 Å². The summed E-state index contributed by atoms with van der Waals surface area (Å²) in [6.45, 7) is 2.89. The monoisotopic (exact) mass is 281 g/mol. The lowest BCUT2D eigenvalue weighted by Gasteiger charge is -2.06. The molecule has 0 bridgehead atoms. The summed E-state index contributed by atoms with van der Waals surface area (Å²) in [5, 5.41) is 2.92. The van der Waals surface area contributed by atoms with Crippen molar-refractivity contribution in [2.75, 3.05) is 12.8 Å². The van der Waals surface area contributed by atoms with Crippen LogP contribution in [0.2, 0.25) is 0 Å². The number of nitrogens with one attached hydrogen (secondary N) is 1. The molecule has 0 aromatic heterocycles. The predicted octanol–water partition coefficient (Wildman–Crippen LogP) is 2.88. The molecule has 0 aliphatic rings. The van der Waals surface area contributed by atoms with Gasteiger partial charge in [-0.1, -0.05) is 38.3 Å². The minimum absolute atomic E-state index is 0.0415. The van der Waals surface area contributed by atoms with E-state index in [1.54, 1.807) is 12.3 Å². The highest BCUT2D eigenvalue weighted by Crippen LogP contribution is 2.07. The first kappa shape index (κ1) is 15.9. The summed E-state index contributed by atoms with van der Waals surface area (Å²) in [6, 6.07) is 7.36. The molecule has 0 aliphatic heterocycles. The van der Waals surface area contributed by atoms with Crippen LogP contribution in [-0.4, -0.2) is 22.9 Å². The second-order valence-corrected chi connectivity index (χ2v) is 6.17. The summed E-state index contributed by atoms with van der Waals surface area (Å²) in [5.41, 5.74) is 1.60. The average molecular weight is 281 g/mol. The van der Waals surface area contributed by atoms with Crippen LogP contribution in [0.1, 0.15) is 48.5 Å². The highest BCUT2D eigenvalue weighted by Gasteiger charge is 2.06. The molecule has 1 rings (SSSR count). The van der Waals surface area contributed by atoms with Crippen LogP contribution >= 0.6 is 0 Å². The van der Waals surface area contributed by atoms with Gasteiger partial charge in [0.2, 0.25) is 0 Å². The Morgan fingerprint density at radius 1 is 1.26 bits per heavy atom. The normalized spacial score (nSPS) is 12.1. The molecule has 19 heavy (non-hydrogen) atoms. The minimum Gasteiger partial charge on any atom is -0.352 e. The average Bonchev–Trinajstić information content (AvgIpc) is 2.38. The standard InChI is InChI=1S/C15H23NO2S/c1-3-4-5-6-10-16-15(17)14-9-7-8-13(11-14)12-19(2)18/h7-9,11H,3-6,10,12H2,1-2H3,(H,16,17). The van der Waals surface area contributed by atoms with Crippen molar-refractivity contribution in [3.8, 4) is 0 Å². The molecule has 1 unspecified atom stereocenters. The first-order valence-corrected chi connectivity index (χ1v) is 8.53. The van der Waals surface area contributed by atoms with Gasteiger partial charge in [-0.05, 0) is 24.1 Å². The van der Waals surface area contributed by atoms with Gasteiger partial charge in [0.15, 0.2) is 0 Å². The Morgan fingerprint density at radius 3 is 2.74 bits per heavy atom. The fraction of sp³-hybridized carbons (Fsp3) is 0.533. The maximum atomic E-state index is 11.9. The van der Waals surface area contributed by atoms with Gasteiger partial charge in [0.25, 0.3) is 5.91 Å². The van der Waals surface area contributed by atoms with Crippen molar-refractivity contribution in [2.45, 2.75) is 38.4 Å². The van der Waals surface area contributed by atoms with Crippen LogP contribution < -0.4 is 5.32 Å². The lowest BCUT2D eigenvalue weighted by atomic mass is 10.1. The van der Waals surface area contributed by atoms with Crippen LogP contribution in [0.25, 0.3) is 0 Å². The number of carbonyl (C=O) groups is 1. The summed E-state index contributed by atoms with van der Waals surface area (Å²) in [6.07, 6.45) is 6.27. The lowest BCUT2D eigenvalue weighted by Crippen LogP contribution is -2.24. The van der Waals surface area contributed by atoms with Crippen molar-refractivity contribution in [1.29, 1.82) is 0 Å². The maximum absolute atomic E-state index is 11.9. The molecule has 106 valence electrons. The van der Waals surface area contributed by atoms with E-state index in [0.29, 0.717) is 11.3 Å². The first-order chi connectivity index (χ1) is 9.13. The van der Waals surface area contributed by atoms with E-state index in [9.17, 15) is 9.00 Å². The zero-order valence-electron chi connectivity index (χ0n) is 11.8. The SMILES string of the molecule is CCCCCCNC(=O)c1cccc(CS(C)=O)c1. The van der Waals surface area contributed by atoms with Crippen LogP contribution in [0.5, 0.6) is 0 Å². The Hall–Kier alpha value is -1.16. The maximum Gasteiger partial charge on any atom is 0.251 e. The van der Waals surface area contributed by atoms with Gasteiger partial charge >= 0.3 is 0 Å². The molecule has 3 nitrogen and oxygen atoms in total. The molecule has 1 aromatic rings. The van der Waals surface area contributed by atoms with Gasteiger partial charge in [-0.15, -0.1) is 0 Å². The lowest BCUT2D eigenvalue weighted by molar-refractivity contribution is 0.0953. The smallest absolute Gasteiger partial charge is 0.251 e. The van der Waals surface area contributed by atoms with Crippen LogP contribution in [0, 0.1) is 0 Å². The Bertz CT molecular complexity index is 432. The van der Waals surface area contributed by atoms with Crippen LogP contribution in [0.15, 0.2) is 24.3 Å². The van der Waals surface area contributed by atoms with Gasteiger partial charge < -0.3 is 5.32 Å². The van der Waals surface area contributed by atoms with Crippen molar-refractivity contribution in [3.05, 3.63) is 35.4 Å². The highest BCUT2D eigenvalue weighted by molar-refractivity contribution is 7.83. The molecule has 0 spiro atoms. The fourth-order valence-electron chi connectivity index (χ4n) is 1.89. The van der Waals surface area contributed by atoms with Crippen molar-refractivity contribution < 1.29 is 9.00 Å². The van der Waals surface area contributed by atoms with E-state index in [2.05, 4.69) is 12.2 Å². The Morgan fingerprint density at radius 2 is 2.05 bits per heavy atom. The molecule has 1 aromatic carbocycles. The molecule has 0 aliphatic carbocycles. The summed E-state index contributed by atoms with van der Waals surface area (Å²) in [4.78, 5) is 11.9. The highest BCUT2D eigenvalue weighted by atomic mass is 32.2. The number of hydrogen-bond acceptors (Lipinski definition) is 2. The van der Waals surface area contributed by atoms with E-state index in [4.69, 9.17) is 0 Å². The van der Waals surface area contributed by atoms with E-state index in [0.717, 1.165) is 24.9 Å². The number of hydrogen-bond donors (Lipinski definition) is 1. The molecular formula is C15H23NO2S. The first-order valence-electron chi connectivity index (χ1n) is 6.80. The third-order valence-corrected chi connectivity index (χ3v) is 3.61. The fourth-order valence-corrected chi connectivity index (χ4v) is 2.54. The molecule has 1 atom stereocenters. The molecular weight excluding hydrogens is 258 g/mol. The number of benzene rings is 1. The summed E-state index contributed by atoms with van der Waals surface area (Å²) in [5.74, 6) is 0.456. The number of amides is 1. The molecule has 1 amide bonds. The van der Waals surface area contributed by atoms with Crippen molar-refractivity contribution in [1.82, 2.24) is 5.32 Å². The van der Waals surface area contributed by atoms with Gasteiger partial charge in [-0.2, -0.15) is 0 Å². The Kier molecular flexibility index (Phi) is 7.41. The zero-order valence-corrected chi connectivity index (χ0v) is 12.6. The summed E-state index contributed by atoms with van der Waals surface area (Å²) >= 11 is 0.